The normalized spacial score (nSPS) is 18.2. The van der Waals surface area contributed by atoms with Crippen LogP contribution in [0.15, 0.2) is 54.6 Å². The Labute approximate surface area is 234 Å². The number of anilines is 2. The zero-order chi connectivity index (χ0) is 29.3. The number of piperidine rings is 1. The molecule has 0 aliphatic carbocycles. The fourth-order valence-electron chi connectivity index (χ4n) is 4.99. The molecule has 1 saturated heterocycles. The summed E-state index contributed by atoms with van der Waals surface area (Å²) in [5.41, 5.74) is 1.86. The summed E-state index contributed by atoms with van der Waals surface area (Å²) in [6.07, 6.45) is -2.19. The average molecular weight is 563 g/mol. The Morgan fingerprint density at radius 1 is 1.07 bits per heavy atom. The Hall–Kier alpha value is -3.27. The molecule has 2 aromatic carbocycles. The summed E-state index contributed by atoms with van der Waals surface area (Å²) in [6, 6.07) is 12.0. The van der Waals surface area contributed by atoms with Crippen LogP contribution in [0.25, 0.3) is 0 Å². The second-order valence-electron chi connectivity index (χ2n) is 10.9. The van der Waals surface area contributed by atoms with Gasteiger partial charge in [-0.05, 0) is 61.4 Å². The number of nitrogens with one attached hydrogen (secondary N) is 3. The molecular weight excluding hydrogens is 521 g/mol. The zero-order valence-electron chi connectivity index (χ0n) is 23.4. The summed E-state index contributed by atoms with van der Waals surface area (Å²) >= 11 is 0. The van der Waals surface area contributed by atoms with Crippen LogP contribution in [0.3, 0.4) is 0 Å². The number of carbonyl (C=O) groups is 2. The van der Waals surface area contributed by atoms with Gasteiger partial charge in [-0.1, -0.05) is 51.1 Å². The second-order valence-corrected chi connectivity index (χ2v) is 10.9. The molecule has 0 unspecified atom stereocenters. The number of nitrogens with zero attached hydrogens (tertiary/aromatic N) is 1. The number of aliphatic carboxylic acids is 1. The third kappa shape index (κ3) is 9.15. The third-order valence-electron chi connectivity index (χ3n) is 7.25. The first kappa shape index (κ1) is 31.3. The van der Waals surface area contributed by atoms with Crippen molar-refractivity contribution in [2.24, 2.45) is 11.8 Å². The van der Waals surface area contributed by atoms with E-state index in [1.54, 1.807) is 18.2 Å². The topological polar surface area (TPSA) is 93.7 Å². The van der Waals surface area contributed by atoms with Crippen LogP contribution in [0, 0.1) is 11.8 Å². The van der Waals surface area contributed by atoms with Crippen LogP contribution in [0.5, 0.6) is 0 Å². The molecule has 220 valence electrons. The number of rotatable bonds is 13. The van der Waals surface area contributed by atoms with E-state index in [2.05, 4.69) is 20.9 Å². The number of carbonyl (C=O) groups excluding carboxylic acids is 1. The van der Waals surface area contributed by atoms with Crippen molar-refractivity contribution in [2.45, 2.75) is 70.8 Å². The van der Waals surface area contributed by atoms with Gasteiger partial charge in [-0.2, -0.15) is 13.2 Å². The minimum atomic E-state index is -4.56. The molecule has 1 fully saturated rings. The molecule has 1 amide bonds. The van der Waals surface area contributed by atoms with Crippen molar-refractivity contribution >= 4 is 23.3 Å². The number of carboxylic acids is 1. The van der Waals surface area contributed by atoms with Gasteiger partial charge in [0, 0.05) is 37.1 Å². The van der Waals surface area contributed by atoms with E-state index in [-0.39, 0.29) is 29.9 Å². The van der Waals surface area contributed by atoms with E-state index < -0.39 is 30.1 Å². The van der Waals surface area contributed by atoms with Crippen molar-refractivity contribution in [3.63, 3.8) is 0 Å². The maximum absolute atomic E-state index is 14.0. The van der Waals surface area contributed by atoms with E-state index in [1.807, 2.05) is 45.0 Å². The second kappa shape index (κ2) is 14.4. The number of alkyl halides is 3. The number of amides is 1. The predicted octanol–water partition coefficient (Wildman–Crippen LogP) is 5.60. The van der Waals surface area contributed by atoms with Gasteiger partial charge in [0.25, 0.3) is 0 Å². The third-order valence-corrected chi connectivity index (χ3v) is 7.25. The molecule has 0 saturated carbocycles. The highest BCUT2D eigenvalue weighted by Crippen LogP contribution is 2.33. The van der Waals surface area contributed by atoms with Crippen LogP contribution in [0.1, 0.15) is 58.1 Å². The quantitative estimate of drug-likeness (QED) is 0.254. The molecule has 4 N–H and O–H groups in total. The van der Waals surface area contributed by atoms with Crippen LogP contribution < -0.4 is 20.9 Å². The monoisotopic (exact) mass is 562 g/mol. The Morgan fingerprint density at radius 3 is 2.33 bits per heavy atom. The zero-order valence-corrected chi connectivity index (χ0v) is 23.4. The van der Waals surface area contributed by atoms with Crippen molar-refractivity contribution in [3.05, 3.63) is 60.2 Å². The van der Waals surface area contributed by atoms with Crippen LogP contribution in [0.4, 0.5) is 24.5 Å². The van der Waals surface area contributed by atoms with Crippen molar-refractivity contribution < 1.29 is 27.9 Å². The van der Waals surface area contributed by atoms with Gasteiger partial charge in [-0.3, -0.25) is 14.9 Å². The number of hydrogen-bond donors (Lipinski definition) is 4. The highest BCUT2D eigenvalue weighted by atomic mass is 19.4. The van der Waals surface area contributed by atoms with E-state index >= 15 is 0 Å². The van der Waals surface area contributed by atoms with E-state index in [0.29, 0.717) is 25.9 Å². The molecule has 0 aromatic heterocycles. The van der Waals surface area contributed by atoms with Gasteiger partial charge in [0.05, 0.1) is 12.0 Å². The number of hydrogen-bond acceptors (Lipinski definition) is 5. The first-order chi connectivity index (χ1) is 19.0. The molecule has 0 spiro atoms. The van der Waals surface area contributed by atoms with Crippen molar-refractivity contribution in [2.75, 3.05) is 29.9 Å². The molecule has 7 nitrogen and oxygen atoms in total. The summed E-state index contributed by atoms with van der Waals surface area (Å²) in [7, 11) is 0. The summed E-state index contributed by atoms with van der Waals surface area (Å²) in [5, 5.41) is 18.2. The molecule has 4 atom stereocenters. The van der Waals surface area contributed by atoms with Gasteiger partial charge in [0.2, 0.25) is 5.91 Å². The molecule has 3 rings (SSSR count). The fraction of sp³-hybridized carbons (Fsp3) is 0.533. The van der Waals surface area contributed by atoms with Gasteiger partial charge >= 0.3 is 12.1 Å². The van der Waals surface area contributed by atoms with Crippen molar-refractivity contribution in [3.8, 4) is 0 Å². The lowest BCUT2D eigenvalue weighted by Gasteiger charge is -2.32. The summed E-state index contributed by atoms with van der Waals surface area (Å²) in [6.45, 7) is 7.37. The molecule has 40 heavy (non-hydrogen) atoms. The fourth-order valence-corrected chi connectivity index (χ4v) is 4.99. The lowest BCUT2D eigenvalue weighted by atomic mass is 9.98. The summed E-state index contributed by atoms with van der Waals surface area (Å²) in [5.74, 6) is -1.58. The van der Waals surface area contributed by atoms with E-state index in [0.717, 1.165) is 24.3 Å². The van der Waals surface area contributed by atoms with Crippen molar-refractivity contribution in [1.29, 1.82) is 0 Å². The molecule has 2 aromatic rings. The molecule has 0 bridgehead atoms. The maximum Gasteiger partial charge on any atom is 0.407 e. The smallest absolute Gasteiger partial charge is 0.407 e. The SMILES string of the molecule is CC[C@@H](CNc1ccc(N2CCC[C@@H](C(=O)O)C2)cc1)NC(=O)[C@H](CC(C)C)N[C@@H](c1ccccc1)C(F)(F)F. The van der Waals surface area contributed by atoms with Crippen LogP contribution in [-0.4, -0.2) is 54.9 Å². The molecular formula is C30H41F3N4O3. The minimum Gasteiger partial charge on any atom is -0.481 e. The molecule has 0 radical (unpaired) electrons. The Kier molecular flexibility index (Phi) is 11.2. The van der Waals surface area contributed by atoms with Gasteiger partial charge in [-0.15, -0.1) is 0 Å². The van der Waals surface area contributed by atoms with Gasteiger partial charge in [0.1, 0.15) is 6.04 Å². The number of halogens is 3. The molecule has 10 heteroatoms. The largest absolute Gasteiger partial charge is 0.481 e. The number of carboxylic acid groups (broad SMARTS) is 1. The van der Waals surface area contributed by atoms with Crippen LogP contribution in [-0.2, 0) is 9.59 Å². The van der Waals surface area contributed by atoms with Gasteiger partial charge < -0.3 is 20.6 Å². The highest BCUT2D eigenvalue weighted by molar-refractivity contribution is 5.82. The Bertz CT molecular complexity index is 1080. The lowest BCUT2D eigenvalue weighted by Crippen LogP contribution is -2.52. The molecule has 1 aliphatic rings. The molecule has 1 aliphatic heterocycles. The number of benzene rings is 2. The van der Waals surface area contributed by atoms with E-state index in [4.69, 9.17) is 0 Å². The van der Waals surface area contributed by atoms with Crippen LogP contribution in [0.2, 0.25) is 0 Å². The van der Waals surface area contributed by atoms with Gasteiger partial charge in [-0.25, -0.2) is 0 Å². The van der Waals surface area contributed by atoms with Gasteiger partial charge in [0.15, 0.2) is 0 Å². The maximum atomic E-state index is 14.0. The van der Waals surface area contributed by atoms with E-state index in [1.165, 1.54) is 12.1 Å². The molecule has 1 heterocycles. The summed E-state index contributed by atoms with van der Waals surface area (Å²) < 4.78 is 41.9. The van der Waals surface area contributed by atoms with Crippen LogP contribution >= 0.6 is 0 Å². The predicted molar refractivity (Wildman–Crippen MR) is 151 cm³/mol. The summed E-state index contributed by atoms with van der Waals surface area (Å²) in [4.78, 5) is 26.7. The minimum absolute atomic E-state index is 0.00954. The first-order valence-corrected chi connectivity index (χ1v) is 14.0. The Balaban J connectivity index is 1.61. The average Bonchev–Trinajstić information content (AvgIpc) is 2.93. The first-order valence-electron chi connectivity index (χ1n) is 14.0. The van der Waals surface area contributed by atoms with Crippen molar-refractivity contribution in [1.82, 2.24) is 10.6 Å². The lowest BCUT2D eigenvalue weighted by molar-refractivity contribution is -0.161. The highest BCUT2D eigenvalue weighted by Gasteiger charge is 2.43. The standard InChI is InChI=1S/C30H41F3N4O3/c1-4-23(18-34-24-12-14-25(15-13-24)37-16-8-11-22(19-37)29(39)40)35-28(38)26(17-20(2)3)36-27(30(31,32)33)21-9-6-5-7-10-21/h5-7,9-10,12-15,20,22-23,26-27,34,36H,4,8,11,16-19H2,1-3H3,(H,35,38)(H,39,40)/t22-,23+,26+,27+/m1/s1. The Morgan fingerprint density at radius 2 is 1.75 bits per heavy atom. The van der Waals surface area contributed by atoms with E-state index in [9.17, 15) is 27.9 Å².